The number of aryl methyl sites for hydroxylation is 1. The van der Waals surface area contributed by atoms with Crippen LogP contribution in [0.4, 0.5) is 0 Å². The predicted octanol–water partition coefficient (Wildman–Crippen LogP) is 3.25. The lowest BCUT2D eigenvalue weighted by Crippen LogP contribution is -2.39. The number of aromatic nitrogens is 1. The summed E-state index contributed by atoms with van der Waals surface area (Å²) in [6.45, 7) is 3.09. The Morgan fingerprint density at radius 2 is 2.36 bits per heavy atom. The van der Waals surface area contributed by atoms with Crippen LogP contribution in [-0.4, -0.2) is 40.0 Å². The molecule has 1 amide bonds. The molecule has 0 radical (unpaired) electrons. The smallest absolute Gasteiger partial charge is 0.274 e. The van der Waals surface area contributed by atoms with Gasteiger partial charge in [0.1, 0.15) is 5.69 Å². The average Bonchev–Trinajstić information content (AvgIpc) is 3.12. The van der Waals surface area contributed by atoms with Crippen LogP contribution in [0.5, 0.6) is 0 Å². The number of rotatable bonds is 3. The van der Waals surface area contributed by atoms with Crippen molar-refractivity contribution in [1.82, 2.24) is 9.88 Å². The molecule has 1 aliphatic heterocycles. The summed E-state index contributed by atoms with van der Waals surface area (Å²) in [6, 6.07) is 7.52. The fraction of sp³-hybridized carbons (Fsp3) is 0.333. The van der Waals surface area contributed by atoms with Crippen LogP contribution in [-0.2, 0) is 0 Å². The van der Waals surface area contributed by atoms with Crippen molar-refractivity contribution in [3.63, 3.8) is 0 Å². The van der Waals surface area contributed by atoms with Crippen molar-refractivity contribution in [3.05, 3.63) is 40.0 Å². The molecule has 7 heteroatoms. The molecule has 116 valence electrons. The number of hydrogen-bond donors (Lipinski definition) is 1. The molecule has 1 unspecified atom stereocenters. The Kier molecular flexibility index (Phi) is 4.73. The molecule has 0 aliphatic carbocycles. The second-order valence-electron chi connectivity index (χ2n) is 4.98. The summed E-state index contributed by atoms with van der Waals surface area (Å²) in [5.74, 6) is 0.878. The number of thiazole rings is 1. The van der Waals surface area contributed by atoms with Crippen molar-refractivity contribution in [2.45, 2.75) is 12.3 Å². The molecule has 22 heavy (non-hydrogen) atoms. The minimum atomic E-state index is -0.0419. The molecule has 0 saturated carbocycles. The van der Waals surface area contributed by atoms with E-state index in [0.29, 0.717) is 17.3 Å². The van der Waals surface area contributed by atoms with Crippen LogP contribution in [0.1, 0.15) is 15.5 Å². The zero-order chi connectivity index (χ0) is 15.7. The summed E-state index contributed by atoms with van der Waals surface area (Å²) < 4.78 is 0. The number of halogens is 1. The van der Waals surface area contributed by atoms with Gasteiger partial charge in [-0.1, -0.05) is 23.7 Å². The highest BCUT2D eigenvalue weighted by Gasteiger charge is 2.32. The molecule has 1 fully saturated rings. The minimum Gasteiger partial charge on any atom is -0.328 e. The quantitative estimate of drug-likeness (QED) is 0.920. The van der Waals surface area contributed by atoms with E-state index in [-0.39, 0.29) is 11.3 Å². The van der Waals surface area contributed by atoms with Crippen LogP contribution in [0.15, 0.2) is 24.3 Å². The van der Waals surface area contributed by atoms with Gasteiger partial charge in [0.15, 0.2) is 0 Å². The standard InChI is InChI=1S/C15H16ClN3OS2/c1-9-18-13(15(20)19-5-6-21-12(19)8-17)14(22-9)10-3-2-4-11(16)7-10/h2-4,7,12H,5-6,8,17H2,1H3. The van der Waals surface area contributed by atoms with Gasteiger partial charge >= 0.3 is 0 Å². The minimum absolute atomic E-state index is 0.0419. The number of nitrogens with two attached hydrogens (primary N) is 1. The highest BCUT2D eigenvalue weighted by Crippen LogP contribution is 2.34. The van der Waals surface area contributed by atoms with E-state index in [1.807, 2.05) is 36.1 Å². The van der Waals surface area contributed by atoms with E-state index in [9.17, 15) is 4.79 Å². The third kappa shape index (κ3) is 3.01. The maximum atomic E-state index is 12.9. The van der Waals surface area contributed by atoms with Gasteiger partial charge in [-0.25, -0.2) is 4.98 Å². The molecule has 0 bridgehead atoms. The summed E-state index contributed by atoms with van der Waals surface area (Å²) in [6.07, 6.45) is 0. The van der Waals surface area contributed by atoms with E-state index in [1.165, 1.54) is 11.3 Å². The SMILES string of the molecule is Cc1nc(C(=O)N2CCSC2CN)c(-c2cccc(Cl)c2)s1. The van der Waals surface area contributed by atoms with Gasteiger partial charge in [-0.2, -0.15) is 0 Å². The summed E-state index contributed by atoms with van der Waals surface area (Å²) in [7, 11) is 0. The zero-order valence-corrected chi connectivity index (χ0v) is 14.5. The molecule has 0 spiro atoms. The molecule has 1 aromatic carbocycles. The van der Waals surface area contributed by atoms with Gasteiger partial charge < -0.3 is 10.6 Å². The first kappa shape index (κ1) is 15.8. The predicted molar refractivity (Wildman–Crippen MR) is 93.6 cm³/mol. The van der Waals surface area contributed by atoms with Gasteiger partial charge in [0.05, 0.1) is 15.3 Å². The fourth-order valence-electron chi connectivity index (χ4n) is 2.48. The Labute approximate surface area is 142 Å². The average molecular weight is 354 g/mol. The molecule has 4 nitrogen and oxygen atoms in total. The van der Waals surface area contributed by atoms with Crippen LogP contribution in [0, 0.1) is 6.92 Å². The van der Waals surface area contributed by atoms with Gasteiger partial charge in [0.25, 0.3) is 5.91 Å². The number of nitrogens with zero attached hydrogens (tertiary/aromatic N) is 2. The van der Waals surface area contributed by atoms with Crippen molar-refractivity contribution >= 4 is 40.6 Å². The fourth-order valence-corrected chi connectivity index (χ4v) is 4.67. The number of carbonyl (C=O) groups is 1. The monoisotopic (exact) mass is 353 g/mol. The van der Waals surface area contributed by atoms with E-state index in [4.69, 9.17) is 17.3 Å². The van der Waals surface area contributed by atoms with Crippen molar-refractivity contribution in [3.8, 4) is 10.4 Å². The molecule has 1 atom stereocenters. The molecule has 2 aromatic rings. The van der Waals surface area contributed by atoms with E-state index in [2.05, 4.69) is 4.98 Å². The summed E-state index contributed by atoms with van der Waals surface area (Å²) in [5.41, 5.74) is 7.20. The van der Waals surface area contributed by atoms with Crippen molar-refractivity contribution in [2.75, 3.05) is 18.8 Å². The maximum absolute atomic E-state index is 12.9. The Bertz CT molecular complexity index is 704. The third-order valence-electron chi connectivity index (χ3n) is 3.48. The van der Waals surface area contributed by atoms with Gasteiger partial charge in [-0.15, -0.1) is 23.1 Å². The van der Waals surface area contributed by atoms with Crippen molar-refractivity contribution in [2.24, 2.45) is 5.73 Å². The molecule has 1 aliphatic rings. The van der Waals surface area contributed by atoms with Gasteiger partial charge in [-0.3, -0.25) is 4.79 Å². The van der Waals surface area contributed by atoms with E-state index < -0.39 is 0 Å². The maximum Gasteiger partial charge on any atom is 0.274 e. The molecule has 2 N–H and O–H groups in total. The van der Waals surface area contributed by atoms with E-state index >= 15 is 0 Å². The zero-order valence-electron chi connectivity index (χ0n) is 12.1. The Balaban J connectivity index is 1.99. The number of benzene rings is 1. The molecule has 1 saturated heterocycles. The molecular formula is C15H16ClN3OS2. The third-order valence-corrected chi connectivity index (χ3v) is 5.98. The number of carbonyl (C=O) groups excluding carboxylic acids is 1. The molecule has 3 rings (SSSR count). The number of thioether (sulfide) groups is 1. The topological polar surface area (TPSA) is 59.2 Å². The van der Waals surface area contributed by atoms with E-state index in [0.717, 1.165) is 27.7 Å². The van der Waals surface area contributed by atoms with Gasteiger partial charge in [-0.05, 0) is 24.6 Å². The first-order valence-corrected chi connectivity index (χ1v) is 9.20. The van der Waals surface area contributed by atoms with Gasteiger partial charge in [0.2, 0.25) is 0 Å². The van der Waals surface area contributed by atoms with Crippen LogP contribution in [0.2, 0.25) is 5.02 Å². The molecular weight excluding hydrogens is 338 g/mol. The molecule has 1 aromatic heterocycles. The Morgan fingerprint density at radius 1 is 1.55 bits per heavy atom. The lowest BCUT2D eigenvalue weighted by molar-refractivity contribution is 0.0759. The Hall–Kier alpha value is -1.08. The normalized spacial score (nSPS) is 18.0. The summed E-state index contributed by atoms with van der Waals surface area (Å²) in [4.78, 5) is 20.0. The summed E-state index contributed by atoms with van der Waals surface area (Å²) in [5, 5.41) is 1.56. The van der Waals surface area contributed by atoms with Crippen LogP contribution < -0.4 is 5.73 Å². The van der Waals surface area contributed by atoms with Crippen molar-refractivity contribution < 1.29 is 4.79 Å². The summed E-state index contributed by atoms with van der Waals surface area (Å²) >= 11 is 9.31. The second-order valence-corrected chi connectivity index (χ2v) is 7.91. The van der Waals surface area contributed by atoms with Crippen LogP contribution >= 0.6 is 34.7 Å². The lowest BCUT2D eigenvalue weighted by atomic mass is 10.1. The molecule has 2 heterocycles. The van der Waals surface area contributed by atoms with E-state index in [1.54, 1.807) is 11.8 Å². The number of hydrogen-bond acceptors (Lipinski definition) is 5. The van der Waals surface area contributed by atoms with Crippen molar-refractivity contribution in [1.29, 1.82) is 0 Å². The number of amides is 1. The first-order chi connectivity index (χ1) is 10.6. The van der Waals surface area contributed by atoms with Crippen LogP contribution in [0.25, 0.3) is 10.4 Å². The highest BCUT2D eigenvalue weighted by atomic mass is 35.5. The first-order valence-electron chi connectivity index (χ1n) is 6.96. The van der Waals surface area contributed by atoms with Gasteiger partial charge in [0, 0.05) is 23.9 Å². The largest absolute Gasteiger partial charge is 0.328 e. The Morgan fingerprint density at radius 3 is 3.09 bits per heavy atom. The lowest BCUT2D eigenvalue weighted by Gasteiger charge is -2.22. The van der Waals surface area contributed by atoms with Crippen LogP contribution in [0.3, 0.4) is 0 Å². The highest BCUT2D eigenvalue weighted by molar-refractivity contribution is 8.00. The second kappa shape index (κ2) is 6.58.